The average Bonchev–Trinajstić information content (AvgIpc) is 3.28. The molecule has 0 saturated carbocycles. The summed E-state index contributed by atoms with van der Waals surface area (Å²) >= 11 is 0. The fraction of sp³-hybridized carbons (Fsp3) is 0.0870. The number of hydrogen-bond donors (Lipinski definition) is 1. The van der Waals surface area contributed by atoms with Gasteiger partial charge in [0.15, 0.2) is 6.61 Å². The highest BCUT2D eigenvalue weighted by Gasteiger charge is 2.14. The molecule has 150 valence electrons. The first-order valence-corrected chi connectivity index (χ1v) is 9.28. The molecule has 4 rings (SSSR count). The van der Waals surface area contributed by atoms with Gasteiger partial charge in [0.25, 0.3) is 11.8 Å². The van der Waals surface area contributed by atoms with Crippen molar-refractivity contribution in [1.29, 1.82) is 0 Å². The lowest BCUT2D eigenvalue weighted by molar-refractivity contribution is 0.102. The molecular weight excluding hydrogens is 382 g/mol. The third-order valence-electron chi connectivity index (χ3n) is 4.33. The van der Waals surface area contributed by atoms with Crippen LogP contribution in [0.2, 0.25) is 0 Å². The molecule has 0 atom stereocenters. The second-order valence-electron chi connectivity index (χ2n) is 6.35. The molecule has 0 fully saturated rings. The maximum atomic E-state index is 12.6. The van der Waals surface area contributed by atoms with Gasteiger partial charge in [0.1, 0.15) is 11.5 Å². The zero-order chi connectivity index (χ0) is 20.8. The Hall–Kier alpha value is -4.13. The second kappa shape index (κ2) is 8.91. The van der Waals surface area contributed by atoms with E-state index >= 15 is 0 Å². The van der Waals surface area contributed by atoms with Crippen molar-refractivity contribution in [3.05, 3.63) is 90.3 Å². The van der Waals surface area contributed by atoms with Gasteiger partial charge < -0.3 is 19.3 Å². The number of nitrogens with one attached hydrogen (secondary N) is 1. The number of amides is 1. The van der Waals surface area contributed by atoms with E-state index in [1.165, 1.54) is 0 Å². The summed E-state index contributed by atoms with van der Waals surface area (Å²) in [6.07, 6.45) is 0. The van der Waals surface area contributed by atoms with Gasteiger partial charge in [-0.05, 0) is 48.5 Å². The summed E-state index contributed by atoms with van der Waals surface area (Å²) in [5.74, 6) is 1.66. The van der Waals surface area contributed by atoms with Crippen molar-refractivity contribution in [2.24, 2.45) is 0 Å². The quantitative estimate of drug-likeness (QED) is 0.488. The maximum absolute atomic E-state index is 12.6. The molecule has 3 aromatic carbocycles. The molecule has 4 aromatic rings. The van der Waals surface area contributed by atoms with E-state index in [0.717, 1.165) is 11.3 Å². The first-order valence-electron chi connectivity index (χ1n) is 9.28. The van der Waals surface area contributed by atoms with E-state index in [1.54, 1.807) is 31.4 Å². The molecule has 1 N–H and O–H groups in total. The largest absolute Gasteiger partial charge is 0.497 e. The van der Waals surface area contributed by atoms with Crippen LogP contribution in [0, 0.1) is 0 Å². The summed E-state index contributed by atoms with van der Waals surface area (Å²) < 4.78 is 16.2. The number of para-hydroxylation sites is 2. The van der Waals surface area contributed by atoms with E-state index < -0.39 is 0 Å². The highest BCUT2D eigenvalue weighted by Crippen LogP contribution is 2.23. The topological polar surface area (TPSA) is 86.5 Å². The summed E-state index contributed by atoms with van der Waals surface area (Å²) in [6, 6.07) is 23.6. The number of anilines is 1. The van der Waals surface area contributed by atoms with Gasteiger partial charge in [-0.25, -0.2) is 0 Å². The van der Waals surface area contributed by atoms with Crippen LogP contribution < -0.4 is 14.8 Å². The number of methoxy groups -OCH3 is 1. The Balaban J connectivity index is 1.44. The molecule has 0 unspecified atom stereocenters. The van der Waals surface area contributed by atoms with Crippen LogP contribution in [-0.2, 0) is 6.61 Å². The van der Waals surface area contributed by atoms with E-state index in [1.807, 2.05) is 54.6 Å². The molecule has 0 radical (unpaired) electrons. The van der Waals surface area contributed by atoms with Crippen LogP contribution in [0.3, 0.4) is 0 Å². The van der Waals surface area contributed by atoms with Crippen molar-refractivity contribution in [3.63, 3.8) is 0 Å². The molecule has 0 bridgehead atoms. The lowest BCUT2D eigenvalue weighted by Crippen LogP contribution is -2.13. The molecule has 0 aliphatic carbocycles. The molecule has 0 spiro atoms. The molecule has 1 aromatic heterocycles. The minimum absolute atomic E-state index is 0.0405. The maximum Gasteiger partial charge on any atom is 0.264 e. The lowest BCUT2D eigenvalue weighted by Gasteiger charge is -2.10. The Morgan fingerprint density at radius 2 is 1.70 bits per heavy atom. The van der Waals surface area contributed by atoms with Crippen molar-refractivity contribution in [2.75, 3.05) is 12.4 Å². The van der Waals surface area contributed by atoms with Crippen molar-refractivity contribution in [1.82, 2.24) is 10.1 Å². The van der Waals surface area contributed by atoms with Gasteiger partial charge in [0.2, 0.25) is 5.82 Å². The van der Waals surface area contributed by atoms with Crippen LogP contribution in [-0.4, -0.2) is 23.2 Å². The summed E-state index contributed by atoms with van der Waals surface area (Å²) in [5, 5.41) is 6.83. The fourth-order valence-corrected chi connectivity index (χ4v) is 2.81. The van der Waals surface area contributed by atoms with Crippen molar-refractivity contribution >= 4 is 11.6 Å². The lowest BCUT2D eigenvalue weighted by atomic mass is 10.2. The Morgan fingerprint density at radius 1 is 0.967 bits per heavy atom. The molecule has 0 aliphatic heterocycles. The van der Waals surface area contributed by atoms with Gasteiger partial charge in [-0.3, -0.25) is 4.79 Å². The summed E-state index contributed by atoms with van der Waals surface area (Å²) in [7, 11) is 1.61. The highest BCUT2D eigenvalue weighted by molar-refractivity contribution is 6.06. The normalized spacial score (nSPS) is 10.4. The van der Waals surface area contributed by atoms with E-state index in [0.29, 0.717) is 28.7 Å². The second-order valence-corrected chi connectivity index (χ2v) is 6.35. The van der Waals surface area contributed by atoms with E-state index in [-0.39, 0.29) is 12.5 Å². The molecule has 7 heteroatoms. The van der Waals surface area contributed by atoms with E-state index in [2.05, 4.69) is 15.5 Å². The van der Waals surface area contributed by atoms with Crippen LogP contribution >= 0.6 is 0 Å². The highest BCUT2D eigenvalue weighted by atomic mass is 16.5. The Morgan fingerprint density at radius 3 is 2.47 bits per heavy atom. The number of nitrogens with zero attached hydrogens (tertiary/aromatic N) is 2. The van der Waals surface area contributed by atoms with Crippen LogP contribution in [0.25, 0.3) is 11.4 Å². The number of aromatic nitrogens is 2. The molecule has 1 heterocycles. The molecule has 30 heavy (non-hydrogen) atoms. The standard InChI is InChI=1S/C23H19N3O4/c1-28-18-13-11-16(12-14-18)22-25-21(30-26-22)15-29-20-10-6-5-9-19(20)23(27)24-17-7-3-2-4-8-17/h2-14H,15H2,1H3,(H,24,27). The SMILES string of the molecule is COc1ccc(-c2noc(COc3ccccc3C(=O)Nc3ccccc3)n2)cc1. The predicted molar refractivity (Wildman–Crippen MR) is 111 cm³/mol. The predicted octanol–water partition coefficient (Wildman–Crippen LogP) is 4.58. The Labute approximate surface area is 173 Å². The fourth-order valence-electron chi connectivity index (χ4n) is 2.81. The molecule has 0 aliphatic rings. The third kappa shape index (κ3) is 4.47. The van der Waals surface area contributed by atoms with Crippen LogP contribution in [0.5, 0.6) is 11.5 Å². The van der Waals surface area contributed by atoms with Crippen LogP contribution in [0.4, 0.5) is 5.69 Å². The minimum Gasteiger partial charge on any atom is -0.497 e. The smallest absolute Gasteiger partial charge is 0.264 e. The van der Waals surface area contributed by atoms with Gasteiger partial charge >= 0.3 is 0 Å². The first-order chi connectivity index (χ1) is 14.7. The monoisotopic (exact) mass is 401 g/mol. The average molecular weight is 401 g/mol. The van der Waals surface area contributed by atoms with Crippen LogP contribution in [0.1, 0.15) is 16.2 Å². The molecule has 7 nitrogen and oxygen atoms in total. The number of carbonyl (C=O) groups is 1. The number of carbonyl (C=O) groups excluding carboxylic acids is 1. The molecular formula is C23H19N3O4. The zero-order valence-corrected chi connectivity index (χ0v) is 16.2. The Kier molecular flexibility index (Phi) is 5.70. The minimum atomic E-state index is -0.263. The number of ether oxygens (including phenoxy) is 2. The van der Waals surface area contributed by atoms with E-state index in [9.17, 15) is 4.79 Å². The van der Waals surface area contributed by atoms with Crippen LogP contribution in [0.15, 0.2) is 83.4 Å². The zero-order valence-electron chi connectivity index (χ0n) is 16.2. The van der Waals surface area contributed by atoms with Crippen molar-refractivity contribution in [3.8, 4) is 22.9 Å². The molecule has 1 amide bonds. The van der Waals surface area contributed by atoms with Gasteiger partial charge in [-0.15, -0.1) is 0 Å². The van der Waals surface area contributed by atoms with Crippen molar-refractivity contribution in [2.45, 2.75) is 6.61 Å². The van der Waals surface area contributed by atoms with Gasteiger partial charge in [-0.1, -0.05) is 35.5 Å². The van der Waals surface area contributed by atoms with Crippen molar-refractivity contribution < 1.29 is 18.8 Å². The number of rotatable bonds is 7. The number of benzene rings is 3. The summed E-state index contributed by atoms with van der Waals surface area (Å²) in [5.41, 5.74) is 1.92. The Bertz CT molecular complexity index is 1120. The number of hydrogen-bond acceptors (Lipinski definition) is 6. The van der Waals surface area contributed by atoms with E-state index in [4.69, 9.17) is 14.0 Å². The van der Waals surface area contributed by atoms with Gasteiger partial charge in [-0.2, -0.15) is 4.98 Å². The summed E-state index contributed by atoms with van der Waals surface area (Å²) in [4.78, 5) is 17.0. The first kappa shape index (κ1) is 19.2. The third-order valence-corrected chi connectivity index (χ3v) is 4.33. The van der Waals surface area contributed by atoms with Gasteiger partial charge in [0.05, 0.1) is 12.7 Å². The molecule has 0 saturated heterocycles. The summed E-state index contributed by atoms with van der Waals surface area (Å²) in [6.45, 7) is 0.0405. The van der Waals surface area contributed by atoms with Gasteiger partial charge in [0, 0.05) is 11.3 Å².